The first-order chi connectivity index (χ1) is 24.1. The van der Waals surface area contributed by atoms with Crippen molar-refractivity contribution < 1.29 is 0 Å². The summed E-state index contributed by atoms with van der Waals surface area (Å²) in [5, 5.41) is 5.06. The molecule has 2 aromatic heterocycles. The van der Waals surface area contributed by atoms with E-state index < -0.39 is 0 Å². The van der Waals surface area contributed by atoms with Crippen LogP contribution in [0.2, 0.25) is 0 Å². The number of fused-ring (bicyclic) bond motifs is 8. The molecule has 0 N–H and O–H groups in total. The van der Waals surface area contributed by atoms with Crippen molar-refractivity contribution in [3.8, 4) is 5.69 Å². The smallest absolute Gasteiger partial charge is 0.0541 e. The van der Waals surface area contributed by atoms with Crippen LogP contribution < -0.4 is 4.90 Å². The van der Waals surface area contributed by atoms with Gasteiger partial charge in [-0.3, -0.25) is 0 Å². The molecule has 0 bridgehead atoms. The van der Waals surface area contributed by atoms with Crippen LogP contribution in [0, 0.1) is 0 Å². The summed E-state index contributed by atoms with van der Waals surface area (Å²) in [7, 11) is 0. The lowest BCUT2D eigenvalue weighted by atomic mass is 9.73. The lowest BCUT2D eigenvalue weighted by molar-refractivity contribution is 0.632. The second-order valence-corrected chi connectivity index (χ2v) is 13.8. The number of hydrogen-bond acceptors (Lipinski definition) is 1. The van der Waals surface area contributed by atoms with Crippen LogP contribution in [0.3, 0.4) is 0 Å². The molecule has 0 atom stereocenters. The Morgan fingerprint density at radius 1 is 0.429 bits per heavy atom. The summed E-state index contributed by atoms with van der Waals surface area (Å²) in [6.07, 6.45) is 0. The number of hydrogen-bond donors (Lipinski definition) is 0. The SMILES string of the molecule is CC1(C)c2ccccc2N(c2ccc3c(c2)c2cc(-n4c5ccccc5c5ccccc54)ccc2n3Cc2ccccc2)c2ccccc21. The molecule has 0 spiro atoms. The minimum absolute atomic E-state index is 0.100. The van der Waals surface area contributed by atoms with Gasteiger partial charge in [-0.1, -0.05) is 117 Å². The summed E-state index contributed by atoms with van der Waals surface area (Å²) < 4.78 is 4.91. The first-order valence-electron chi connectivity index (χ1n) is 17.2. The number of benzene rings is 7. The van der Waals surface area contributed by atoms with Crippen LogP contribution in [0.4, 0.5) is 17.1 Å². The van der Waals surface area contributed by atoms with Gasteiger partial charge in [0.05, 0.1) is 22.4 Å². The average Bonchev–Trinajstić information content (AvgIpc) is 3.64. The molecule has 10 rings (SSSR count). The van der Waals surface area contributed by atoms with Crippen molar-refractivity contribution in [1.82, 2.24) is 9.13 Å². The number of rotatable bonds is 4. The molecule has 0 saturated carbocycles. The van der Waals surface area contributed by atoms with E-state index in [1.807, 2.05) is 0 Å². The lowest BCUT2D eigenvalue weighted by Crippen LogP contribution is -2.30. The Labute approximate surface area is 285 Å². The predicted molar refractivity (Wildman–Crippen MR) is 206 cm³/mol. The Kier molecular flexibility index (Phi) is 5.98. The molecule has 3 heteroatoms. The standard InChI is InChI=1S/C46H35N3/c1-46(2)38-18-8-12-22-44(38)49(45-23-13-9-19-39(45)46)33-25-27-41-37(29-33)36-28-32(24-26-40(36)47(41)30-31-14-4-3-5-15-31)48-42-20-10-6-16-34(42)35-17-7-11-21-43(35)48/h3-29H,30H2,1-2H3. The van der Waals surface area contributed by atoms with Crippen molar-refractivity contribution in [3.63, 3.8) is 0 Å². The fourth-order valence-electron chi connectivity index (χ4n) is 8.44. The zero-order chi connectivity index (χ0) is 32.7. The molecule has 1 aliphatic heterocycles. The van der Waals surface area contributed by atoms with Crippen molar-refractivity contribution in [2.24, 2.45) is 0 Å². The van der Waals surface area contributed by atoms with Crippen molar-refractivity contribution in [1.29, 1.82) is 0 Å². The van der Waals surface area contributed by atoms with E-state index in [1.54, 1.807) is 0 Å². The molecule has 234 valence electrons. The molecule has 9 aromatic rings. The van der Waals surface area contributed by atoms with Crippen LogP contribution in [-0.4, -0.2) is 9.13 Å². The molecule has 49 heavy (non-hydrogen) atoms. The molecule has 0 fully saturated rings. The molecular weight excluding hydrogens is 595 g/mol. The molecular formula is C46H35N3. The summed E-state index contributed by atoms with van der Waals surface area (Å²) in [6.45, 7) is 5.50. The molecule has 1 aliphatic rings. The van der Waals surface area contributed by atoms with E-state index in [4.69, 9.17) is 0 Å². The van der Waals surface area contributed by atoms with Gasteiger partial charge in [0.25, 0.3) is 0 Å². The van der Waals surface area contributed by atoms with E-state index in [2.05, 4.69) is 192 Å². The van der Waals surface area contributed by atoms with E-state index in [-0.39, 0.29) is 5.41 Å². The quantitative estimate of drug-likeness (QED) is 0.189. The third kappa shape index (κ3) is 4.09. The topological polar surface area (TPSA) is 13.1 Å². The van der Waals surface area contributed by atoms with Gasteiger partial charge in [0.1, 0.15) is 0 Å². The van der Waals surface area contributed by atoms with Crippen LogP contribution in [0.25, 0.3) is 49.3 Å². The first kappa shape index (κ1) is 28.0. The molecule has 3 heterocycles. The molecule has 0 unspecified atom stereocenters. The molecule has 0 aliphatic carbocycles. The Hall–Kier alpha value is -6.06. The van der Waals surface area contributed by atoms with Gasteiger partial charge in [0.2, 0.25) is 0 Å². The highest BCUT2D eigenvalue weighted by Crippen LogP contribution is 2.52. The van der Waals surface area contributed by atoms with E-state index in [0.717, 1.165) is 6.54 Å². The number of aromatic nitrogens is 2. The van der Waals surface area contributed by atoms with Gasteiger partial charge in [-0.05, 0) is 77.4 Å². The van der Waals surface area contributed by atoms with Gasteiger partial charge >= 0.3 is 0 Å². The maximum Gasteiger partial charge on any atom is 0.0541 e. The first-order valence-corrected chi connectivity index (χ1v) is 17.2. The van der Waals surface area contributed by atoms with Crippen LogP contribution in [-0.2, 0) is 12.0 Å². The van der Waals surface area contributed by atoms with E-state index in [1.165, 1.54) is 83.1 Å². The lowest BCUT2D eigenvalue weighted by Gasteiger charge is -2.42. The van der Waals surface area contributed by atoms with Gasteiger partial charge < -0.3 is 14.0 Å². The van der Waals surface area contributed by atoms with Gasteiger partial charge in [-0.15, -0.1) is 0 Å². The van der Waals surface area contributed by atoms with Gasteiger partial charge in [0, 0.05) is 55.9 Å². The summed E-state index contributed by atoms with van der Waals surface area (Å²) in [4.78, 5) is 2.46. The van der Waals surface area contributed by atoms with Crippen molar-refractivity contribution in [3.05, 3.63) is 180 Å². The van der Waals surface area contributed by atoms with E-state index in [0.29, 0.717) is 0 Å². The van der Waals surface area contributed by atoms with Crippen LogP contribution in [0.1, 0.15) is 30.5 Å². The maximum absolute atomic E-state index is 2.49. The second-order valence-electron chi connectivity index (χ2n) is 13.8. The van der Waals surface area contributed by atoms with E-state index >= 15 is 0 Å². The fourth-order valence-corrected chi connectivity index (χ4v) is 8.44. The van der Waals surface area contributed by atoms with Crippen LogP contribution in [0.5, 0.6) is 0 Å². The third-order valence-electron chi connectivity index (χ3n) is 10.7. The third-order valence-corrected chi connectivity index (χ3v) is 10.7. The Bertz CT molecular complexity index is 2620. The molecule has 0 radical (unpaired) electrons. The van der Waals surface area contributed by atoms with Crippen molar-refractivity contribution >= 4 is 60.7 Å². The number of nitrogens with zero attached hydrogens (tertiary/aromatic N) is 3. The highest BCUT2D eigenvalue weighted by Gasteiger charge is 2.36. The zero-order valence-corrected chi connectivity index (χ0v) is 27.6. The fraction of sp³-hybridized carbons (Fsp3) is 0.0870. The summed E-state index contributed by atoms with van der Waals surface area (Å²) >= 11 is 0. The van der Waals surface area contributed by atoms with Crippen molar-refractivity contribution in [2.75, 3.05) is 4.90 Å². The molecule has 0 saturated heterocycles. The zero-order valence-electron chi connectivity index (χ0n) is 27.6. The normalized spacial score (nSPS) is 13.7. The van der Waals surface area contributed by atoms with Gasteiger partial charge in [0.15, 0.2) is 0 Å². The molecule has 7 aromatic carbocycles. The predicted octanol–water partition coefficient (Wildman–Crippen LogP) is 12.0. The Balaban J connectivity index is 1.24. The highest BCUT2D eigenvalue weighted by molar-refractivity contribution is 6.12. The monoisotopic (exact) mass is 629 g/mol. The second kappa shape index (κ2) is 10.5. The Morgan fingerprint density at radius 2 is 0.918 bits per heavy atom. The minimum Gasteiger partial charge on any atom is -0.336 e. The maximum atomic E-state index is 2.49. The van der Waals surface area contributed by atoms with Gasteiger partial charge in [-0.25, -0.2) is 0 Å². The highest BCUT2D eigenvalue weighted by atomic mass is 15.2. The number of anilines is 3. The van der Waals surface area contributed by atoms with Crippen molar-refractivity contribution in [2.45, 2.75) is 25.8 Å². The van der Waals surface area contributed by atoms with Gasteiger partial charge in [-0.2, -0.15) is 0 Å². The summed E-state index contributed by atoms with van der Waals surface area (Å²) in [5.74, 6) is 0. The average molecular weight is 630 g/mol. The van der Waals surface area contributed by atoms with Crippen LogP contribution >= 0.6 is 0 Å². The Morgan fingerprint density at radius 3 is 1.53 bits per heavy atom. The summed E-state index contributed by atoms with van der Waals surface area (Å²) in [5.41, 5.74) is 13.6. The minimum atomic E-state index is -0.100. The molecule has 3 nitrogen and oxygen atoms in total. The molecule has 0 amide bonds. The number of para-hydroxylation sites is 4. The largest absolute Gasteiger partial charge is 0.336 e. The van der Waals surface area contributed by atoms with Crippen LogP contribution in [0.15, 0.2) is 164 Å². The van der Waals surface area contributed by atoms with E-state index in [9.17, 15) is 0 Å². The summed E-state index contributed by atoms with van der Waals surface area (Å²) in [6, 6.07) is 60.2.